The summed E-state index contributed by atoms with van der Waals surface area (Å²) in [6.07, 6.45) is 0. The van der Waals surface area contributed by atoms with Crippen molar-refractivity contribution in [2.75, 3.05) is 0 Å². The molecule has 0 amide bonds. The Bertz CT molecular complexity index is 698. The van der Waals surface area contributed by atoms with Gasteiger partial charge in [0.15, 0.2) is 0 Å². The number of halogens is 3. The molecule has 2 aromatic rings. The van der Waals surface area contributed by atoms with Crippen molar-refractivity contribution in [3.63, 3.8) is 0 Å². The van der Waals surface area contributed by atoms with Gasteiger partial charge in [-0.2, -0.15) is 4.98 Å². The Hall–Kier alpha value is -0.840. The summed E-state index contributed by atoms with van der Waals surface area (Å²) in [4.78, 5) is 15.9. The van der Waals surface area contributed by atoms with Gasteiger partial charge in [0.1, 0.15) is 0 Å². The summed E-state index contributed by atoms with van der Waals surface area (Å²) in [5.41, 5.74) is 2.15. The van der Waals surface area contributed by atoms with E-state index in [0.717, 1.165) is 15.7 Å². The van der Waals surface area contributed by atoms with Gasteiger partial charge in [0.2, 0.25) is 0 Å². The van der Waals surface area contributed by atoms with E-state index in [2.05, 4.69) is 20.9 Å². The second kappa shape index (κ2) is 5.65. The third kappa shape index (κ3) is 3.02. The van der Waals surface area contributed by atoms with E-state index in [-0.39, 0.29) is 5.69 Å². The molecule has 6 heteroatoms. The van der Waals surface area contributed by atoms with Crippen LogP contribution >= 0.6 is 39.1 Å². The highest BCUT2D eigenvalue weighted by Gasteiger charge is 2.10. The van der Waals surface area contributed by atoms with Crippen LogP contribution in [0.2, 0.25) is 10.0 Å². The molecule has 0 radical (unpaired) electrons. The molecule has 3 nitrogen and oxygen atoms in total. The number of rotatable bonds is 2. The molecule has 0 atom stereocenters. The van der Waals surface area contributed by atoms with Crippen molar-refractivity contribution in [2.24, 2.45) is 0 Å². The average molecular weight is 362 g/mol. The van der Waals surface area contributed by atoms with E-state index < -0.39 is 0 Å². The van der Waals surface area contributed by atoms with E-state index in [9.17, 15) is 4.79 Å². The highest BCUT2D eigenvalue weighted by molar-refractivity contribution is 9.10. The lowest BCUT2D eigenvalue weighted by Crippen LogP contribution is -2.26. The summed E-state index contributed by atoms with van der Waals surface area (Å²) in [5.74, 6) is 0. The van der Waals surface area contributed by atoms with Gasteiger partial charge in [-0.15, -0.1) is 0 Å². The van der Waals surface area contributed by atoms with E-state index in [0.29, 0.717) is 22.3 Å². The lowest BCUT2D eigenvalue weighted by atomic mass is 10.2. The maximum atomic E-state index is 11.9. The Labute approximate surface area is 129 Å². The molecule has 0 saturated carbocycles. The van der Waals surface area contributed by atoms with Crippen molar-refractivity contribution in [2.45, 2.75) is 20.4 Å². The molecule has 0 spiro atoms. The zero-order chi connectivity index (χ0) is 14.2. The zero-order valence-electron chi connectivity index (χ0n) is 10.4. The van der Waals surface area contributed by atoms with Crippen molar-refractivity contribution in [1.82, 2.24) is 9.55 Å². The molecule has 0 aliphatic heterocycles. The molecule has 0 unspecified atom stereocenters. The van der Waals surface area contributed by atoms with Gasteiger partial charge >= 0.3 is 5.69 Å². The first-order chi connectivity index (χ1) is 8.90. The molecule has 0 bridgehead atoms. The number of nitrogens with zero attached hydrogens (tertiary/aromatic N) is 2. The van der Waals surface area contributed by atoms with Crippen LogP contribution in [0.15, 0.2) is 27.5 Å². The first-order valence-corrected chi connectivity index (χ1v) is 7.12. The third-order valence-corrected chi connectivity index (χ3v) is 4.75. The quantitative estimate of drug-likeness (QED) is 0.810. The van der Waals surface area contributed by atoms with E-state index >= 15 is 0 Å². The Morgan fingerprint density at radius 2 is 1.95 bits per heavy atom. The summed E-state index contributed by atoms with van der Waals surface area (Å²) in [7, 11) is 0. The SMILES string of the molecule is Cc1nc(=O)n(Cc2ccc(Cl)c(Cl)c2)c(C)c1Br. The number of aromatic nitrogens is 2. The monoisotopic (exact) mass is 360 g/mol. The Morgan fingerprint density at radius 3 is 2.58 bits per heavy atom. The fourth-order valence-corrected chi connectivity index (χ4v) is 2.41. The van der Waals surface area contributed by atoms with Gasteiger partial charge in [0.25, 0.3) is 0 Å². The maximum absolute atomic E-state index is 11.9. The van der Waals surface area contributed by atoms with E-state index in [1.54, 1.807) is 23.6 Å². The van der Waals surface area contributed by atoms with Crippen molar-refractivity contribution >= 4 is 39.1 Å². The number of hydrogen-bond donors (Lipinski definition) is 0. The second-order valence-electron chi connectivity index (χ2n) is 4.21. The zero-order valence-corrected chi connectivity index (χ0v) is 13.5. The van der Waals surface area contributed by atoms with Gasteiger partial charge in [-0.25, -0.2) is 4.79 Å². The van der Waals surface area contributed by atoms with Gasteiger partial charge in [-0.1, -0.05) is 29.3 Å². The Kier molecular flexibility index (Phi) is 4.33. The van der Waals surface area contributed by atoms with Crippen LogP contribution in [-0.4, -0.2) is 9.55 Å². The molecule has 1 aromatic carbocycles. The average Bonchev–Trinajstić information content (AvgIpc) is 2.36. The van der Waals surface area contributed by atoms with Gasteiger partial charge in [0.05, 0.1) is 26.8 Å². The van der Waals surface area contributed by atoms with E-state index in [1.807, 2.05) is 13.0 Å². The lowest BCUT2D eigenvalue weighted by molar-refractivity contribution is 0.688. The molecule has 0 saturated heterocycles. The molecule has 1 aromatic heterocycles. The molecule has 0 N–H and O–H groups in total. The molecule has 1 heterocycles. The largest absolute Gasteiger partial charge is 0.348 e. The molecule has 100 valence electrons. The van der Waals surface area contributed by atoms with Crippen LogP contribution in [0.1, 0.15) is 17.0 Å². The number of benzene rings is 1. The van der Waals surface area contributed by atoms with Gasteiger partial charge in [-0.3, -0.25) is 4.57 Å². The number of aryl methyl sites for hydroxylation is 1. The predicted octanol–water partition coefficient (Wildman–Crippen LogP) is 3.98. The van der Waals surface area contributed by atoms with Gasteiger partial charge < -0.3 is 0 Å². The van der Waals surface area contributed by atoms with Crippen LogP contribution in [0.4, 0.5) is 0 Å². The van der Waals surface area contributed by atoms with Crippen LogP contribution in [0.3, 0.4) is 0 Å². The summed E-state index contributed by atoms with van der Waals surface area (Å²) in [5, 5.41) is 0.974. The smallest absolute Gasteiger partial charge is 0.291 e. The van der Waals surface area contributed by atoms with Crippen LogP contribution in [0.25, 0.3) is 0 Å². The van der Waals surface area contributed by atoms with Crippen molar-refractivity contribution in [3.05, 3.63) is 60.2 Å². The van der Waals surface area contributed by atoms with Crippen molar-refractivity contribution in [3.8, 4) is 0 Å². The minimum absolute atomic E-state index is 0.274. The maximum Gasteiger partial charge on any atom is 0.348 e. The van der Waals surface area contributed by atoms with Crippen LogP contribution in [0.5, 0.6) is 0 Å². The van der Waals surface area contributed by atoms with Gasteiger partial charge in [-0.05, 0) is 47.5 Å². The Morgan fingerprint density at radius 1 is 1.26 bits per heavy atom. The van der Waals surface area contributed by atoms with E-state index in [1.165, 1.54) is 0 Å². The Balaban J connectivity index is 2.46. The summed E-state index contributed by atoms with van der Waals surface area (Å²) < 4.78 is 2.43. The predicted molar refractivity (Wildman–Crippen MR) is 81.2 cm³/mol. The highest BCUT2D eigenvalue weighted by Crippen LogP contribution is 2.23. The topological polar surface area (TPSA) is 34.9 Å². The molecule has 0 aliphatic rings. The van der Waals surface area contributed by atoms with Crippen molar-refractivity contribution in [1.29, 1.82) is 0 Å². The summed E-state index contributed by atoms with van der Waals surface area (Å²) >= 11 is 15.3. The molecular formula is C13H11BrCl2N2O. The van der Waals surface area contributed by atoms with E-state index in [4.69, 9.17) is 23.2 Å². The van der Waals surface area contributed by atoms with Crippen LogP contribution in [-0.2, 0) is 6.54 Å². The van der Waals surface area contributed by atoms with Crippen molar-refractivity contribution < 1.29 is 0 Å². The van der Waals surface area contributed by atoms with Gasteiger partial charge in [0, 0.05) is 5.69 Å². The first-order valence-electron chi connectivity index (χ1n) is 5.57. The second-order valence-corrected chi connectivity index (χ2v) is 5.82. The fraction of sp³-hybridized carbons (Fsp3) is 0.231. The fourth-order valence-electron chi connectivity index (χ4n) is 1.78. The minimum atomic E-state index is -0.274. The molecule has 19 heavy (non-hydrogen) atoms. The molecule has 2 rings (SSSR count). The molecular weight excluding hydrogens is 351 g/mol. The summed E-state index contributed by atoms with van der Waals surface area (Å²) in [6.45, 7) is 4.08. The lowest BCUT2D eigenvalue weighted by Gasteiger charge is -2.12. The third-order valence-electron chi connectivity index (χ3n) is 2.86. The molecule has 0 aliphatic carbocycles. The highest BCUT2D eigenvalue weighted by atomic mass is 79.9. The van der Waals surface area contributed by atoms with Crippen LogP contribution in [0, 0.1) is 13.8 Å². The minimum Gasteiger partial charge on any atom is -0.291 e. The number of hydrogen-bond acceptors (Lipinski definition) is 2. The standard InChI is InChI=1S/C13H11BrCl2N2O/c1-7-12(14)8(2)18(13(19)17-7)6-9-3-4-10(15)11(16)5-9/h3-5H,6H2,1-2H3. The first kappa shape index (κ1) is 14.6. The normalized spacial score (nSPS) is 10.8. The summed E-state index contributed by atoms with van der Waals surface area (Å²) in [6, 6.07) is 5.31. The van der Waals surface area contributed by atoms with Crippen LogP contribution < -0.4 is 5.69 Å². The molecule has 0 fully saturated rings.